The Morgan fingerprint density at radius 1 is 1.10 bits per heavy atom. The van der Waals surface area contributed by atoms with Crippen LogP contribution in [0.15, 0.2) is 65.8 Å². The van der Waals surface area contributed by atoms with E-state index >= 15 is 4.39 Å². The molecule has 0 saturated heterocycles. The van der Waals surface area contributed by atoms with Crippen molar-refractivity contribution in [3.63, 3.8) is 0 Å². The average Bonchev–Trinajstić information content (AvgIpc) is 3.14. The molecule has 0 radical (unpaired) electrons. The molecule has 4 N–H and O–H groups in total. The standard InChI is InChI=1S/C20H15F2N3O4S/c21-15-6-7-16(25-30(28,29)12-4-1-3-11(26)9-12)18(22)17(15)19(27)14-10-24-20-13(14)5-2-8-23-20/h1-10,19,25-27H,(H,23,24). The number of nitrogens with one attached hydrogen (secondary N) is 2. The minimum absolute atomic E-state index is 0.184. The van der Waals surface area contributed by atoms with Gasteiger partial charge >= 0.3 is 0 Å². The van der Waals surface area contributed by atoms with E-state index in [1.165, 1.54) is 30.6 Å². The monoisotopic (exact) mass is 431 g/mol. The van der Waals surface area contributed by atoms with Crippen LogP contribution < -0.4 is 4.72 Å². The van der Waals surface area contributed by atoms with Crippen LogP contribution in [0.25, 0.3) is 11.0 Å². The highest BCUT2D eigenvalue weighted by molar-refractivity contribution is 7.92. The summed E-state index contributed by atoms with van der Waals surface area (Å²) in [5.41, 5.74) is -0.653. The number of sulfonamides is 1. The Morgan fingerprint density at radius 3 is 2.67 bits per heavy atom. The lowest BCUT2D eigenvalue weighted by Gasteiger charge is -2.16. The first-order valence-electron chi connectivity index (χ1n) is 8.68. The number of anilines is 1. The molecule has 0 bridgehead atoms. The van der Waals surface area contributed by atoms with Crippen molar-refractivity contribution in [2.75, 3.05) is 4.72 Å². The summed E-state index contributed by atoms with van der Waals surface area (Å²) in [6, 6.07) is 9.79. The largest absolute Gasteiger partial charge is 0.508 e. The number of H-pyrrole nitrogens is 1. The van der Waals surface area contributed by atoms with Crippen molar-refractivity contribution in [2.24, 2.45) is 0 Å². The average molecular weight is 431 g/mol. The lowest BCUT2D eigenvalue weighted by molar-refractivity contribution is 0.211. The third-order valence-electron chi connectivity index (χ3n) is 4.55. The molecule has 0 fully saturated rings. The summed E-state index contributed by atoms with van der Waals surface area (Å²) in [7, 11) is -4.27. The van der Waals surface area contributed by atoms with Gasteiger partial charge < -0.3 is 15.2 Å². The van der Waals surface area contributed by atoms with Crippen molar-refractivity contribution in [3.8, 4) is 5.75 Å². The molecule has 0 aliphatic rings. The van der Waals surface area contributed by atoms with Gasteiger partial charge in [-0.3, -0.25) is 4.72 Å². The molecule has 1 atom stereocenters. The van der Waals surface area contributed by atoms with Crippen molar-refractivity contribution in [2.45, 2.75) is 11.0 Å². The van der Waals surface area contributed by atoms with Gasteiger partial charge in [-0.05, 0) is 36.4 Å². The molecule has 7 nitrogen and oxygen atoms in total. The lowest BCUT2D eigenvalue weighted by atomic mass is 10.00. The number of aromatic nitrogens is 2. The van der Waals surface area contributed by atoms with Gasteiger partial charge in [-0.25, -0.2) is 22.2 Å². The number of aliphatic hydroxyl groups is 1. The fourth-order valence-electron chi connectivity index (χ4n) is 3.11. The maximum Gasteiger partial charge on any atom is 0.262 e. The molecular formula is C20H15F2N3O4S. The van der Waals surface area contributed by atoms with E-state index in [1.807, 2.05) is 4.72 Å². The molecular weight excluding hydrogens is 416 g/mol. The number of phenols is 1. The van der Waals surface area contributed by atoms with Crippen LogP contribution in [0.2, 0.25) is 0 Å². The van der Waals surface area contributed by atoms with Gasteiger partial charge in [0.2, 0.25) is 0 Å². The van der Waals surface area contributed by atoms with Crippen molar-refractivity contribution in [3.05, 3.63) is 83.7 Å². The van der Waals surface area contributed by atoms with Crippen LogP contribution in [0.4, 0.5) is 14.5 Å². The fraction of sp³-hybridized carbons (Fsp3) is 0.0500. The third kappa shape index (κ3) is 3.46. The second-order valence-electron chi connectivity index (χ2n) is 6.47. The van der Waals surface area contributed by atoms with Gasteiger partial charge in [0.15, 0.2) is 5.82 Å². The van der Waals surface area contributed by atoms with Crippen LogP contribution in [-0.4, -0.2) is 28.6 Å². The zero-order valence-electron chi connectivity index (χ0n) is 15.2. The summed E-state index contributed by atoms with van der Waals surface area (Å²) in [5, 5.41) is 20.6. The van der Waals surface area contributed by atoms with Crippen LogP contribution >= 0.6 is 0 Å². The van der Waals surface area contributed by atoms with Gasteiger partial charge in [0, 0.05) is 29.4 Å². The van der Waals surface area contributed by atoms with Gasteiger partial charge in [-0.1, -0.05) is 6.07 Å². The number of hydrogen-bond donors (Lipinski definition) is 4. The molecule has 4 aromatic rings. The van der Waals surface area contributed by atoms with Crippen LogP contribution in [0.5, 0.6) is 5.75 Å². The summed E-state index contributed by atoms with van der Waals surface area (Å²) in [6.45, 7) is 0. The van der Waals surface area contributed by atoms with Crippen molar-refractivity contribution < 1.29 is 27.4 Å². The highest BCUT2D eigenvalue weighted by atomic mass is 32.2. The van der Waals surface area contributed by atoms with E-state index in [1.54, 1.807) is 12.1 Å². The fourth-order valence-corrected chi connectivity index (χ4v) is 4.21. The van der Waals surface area contributed by atoms with Crippen LogP contribution in [0, 0.1) is 11.6 Å². The number of pyridine rings is 1. The van der Waals surface area contributed by atoms with E-state index in [2.05, 4.69) is 9.97 Å². The van der Waals surface area contributed by atoms with E-state index in [9.17, 15) is 23.0 Å². The quantitative estimate of drug-likeness (QED) is 0.387. The molecule has 0 aliphatic heterocycles. The number of aromatic amines is 1. The lowest BCUT2D eigenvalue weighted by Crippen LogP contribution is -2.16. The van der Waals surface area contributed by atoms with Crippen LogP contribution in [0.3, 0.4) is 0 Å². The molecule has 1 unspecified atom stereocenters. The van der Waals surface area contributed by atoms with E-state index in [0.29, 0.717) is 11.0 Å². The molecule has 0 spiro atoms. The number of phenolic OH excluding ortho intramolecular Hbond substituents is 1. The van der Waals surface area contributed by atoms with Gasteiger partial charge in [-0.2, -0.15) is 0 Å². The van der Waals surface area contributed by atoms with Crippen molar-refractivity contribution in [1.82, 2.24) is 9.97 Å². The third-order valence-corrected chi connectivity index (χ3v) is 5.91. The zero-order valence-corrected chi connectivity index (χ0v) is 16.0. The maximum atomic E-state index is 15.1. The number of benzene rings is 2. The smallest absolute Gasteiger partial charge is 0.262 e. The van der Waals surface area contributed by atoms with Gasteiger partial charge in [0.25, 0.3) is 10.0 Å². The molecule has 10 heteroatoms. The summed E-state index contributed by atoms with van der Waals surface area (Å²) in [5.74, 6) is -2.59. The Kier molecular flexibility index (Phi) is 4.88. The Morgan fingerprint density at radius 2 is 1.90 bits per heavy atom. The minimum Gasteiger partial charge on any atom is -0.508 e. The molecule has 0 aliphatic carbocycles. The van der Waals surface area contributed by atoms with E-state index < -0.39 is 39.0 Å². The first kappa shape index (κ1) is 19.8. The summed E-state index contributed by atoms with van der Waals surface area (Å²) in [4.78, 5) is 6.56. The second kappa shape index (κ2) is 7.39. The first-order chi connectivity index (χ1) is 14.3. The summed E-state index contributed by atoms with van der Waals surface area (Å²) >= 11 is 0. The normalized spacial score (nSPS) is 12.8. The molecule has 2 aromatic heterocycles. The Balaban J connectivity index is 1.75. The highest BCUT2D eigenvalue weighted by Gasteiger charge is 2.26. The number of rotatable bonds is 5. The number of aliphatic hydroxyl groups excluding tert-OH is 1. The van der Waals surface area contributed by atoms with Gasteiger partial charge in [0.1, 0.15) is 23.3 Å². The van der Waals surface area contributed by atoms with Crippen LogP contribution in [-0.2, 0) is 10.0 Å². The SMILES string of the molecule is O=S(=O)(Nc1ccc(F)c(C(O)c2c[nH]c3ncccc23)c1F)c1cccc(O)c1. The number of fused-ring (bicyclic) bond motifs is 1. The minimum atomic E-state index is -4.27. The first-order valence-corrected chi connectivity index (χ1v) is 10.2. The maximum absolute atomic E-state index is 15.1. The molecule has 0 amide bonds. The topological polar surface area (TPSA) is 115 Å². The Hall–Kier alpha value is -3.50. The zero-order chi connectivity index (χ0) is 21.5. The van der Waals surface area contributed by atoms with E-state index in [4.69, 9.17) is 0 Å². The number of halogens is 2. The number of aromatic hydroxyl groups is 1. The Labute approximate surface area is 169 Å². The highest BCUT2D eigenvalue weighted by Crippen LogP contribution is 2.34. The van der Waals surface area contributed by atoms with E-state index in [-0.39, 0.29) is 16.2 Å². The summed E-state index contributed by atoms with van der Waals surface area (Å²) in [6.07, 6.45) is 1.19. The molecule has 2 heterocycles. The van der Waals surface area contributed by atoms with Gasteiger partial charge in [-0.15, -0.1) is 0 Å². The summed E-state index contributed by atoms with van der Waals surface area (Å²) < 4.78 is 56.6. The van der Waals surface area contributed by atoms with Crippen molar-refractivity contribution in [1.29, 1.82) is 0 Å². The molecule has 4 rings (SSSR count). The van der Waals surface area contributed by atoms with Crippen molar-refractivity contribution >= 4 is 26.7 Å². The number of nitrogens with zero attached hydrogens (tertiary/aromatic N) is 1. The Bertz CT molecular complexity index is 1360. The molecule has 154 valence electrons. The van der Waals surface area contributed by atoms with Crippen LogP contribution in [0.1, 0.15) is 17.2 Å². The second-order valence-corrected chi connectivity index (χ2v) is 8.15. The molecule has 2 aromatic carbocycles. The predicted molar refractivity (Wildman–Crippen MR) is 105 cm³/mol. The van der Waals surface area contributed by atoms with E-state index in [0.717, 1.165) is 18.2 Å². The number of hydrogen-bond acceptors (Lipinski definition) is 5. The molecule has 0 saturated carbocycles. The predicted octanol–water partition coefficient (Wildman–Crippen LogP) is 3.43. The van der Waals surface area contributed by atoms with Gasteiger partial charge in [0.05, 0.1) is 16.1 Å². The molecule has 30 heavy (non-hydrogen) atoms.